The van der Waals surface area contributed by atoms with Gasteiger partial charge in [-0.3, -0.25) is 14.9 Å². The Hall–Kier alpha value is -2.93. The smallest absolute Gasteiger partial charge is 0.274 e. The van der Waals surface area contributed by atoms with Crippen molar-refractivity contribution >= 4 is 5.91 Å². The Labute approximate surface area is 151 Å². The first-order valence-electron chi connectivity index (χ1n) is 8.68. The first kappa shape index (κ1) is 16.5. The summed E-state index contributed by atoms with van der Waals surface area (Å²) in [5, 5.41) is 7.04. The van der Waals surface area contributed by atoms with E-state index in [0.29, 0.717) is 30.2 Å². The number of rotatable bonds is 6. The Morgan fingerprint density at radius 1 is 1.35 bits per heavy atom. The van der Waals surface area contributed by atoms with Crippen molar-refractivity contribution in [2.24, 2.45) is 0 Å². The summed E-state index contributed by atoms with van der Waals surface area (Å²) in [5.74, 6) is 0.507. The van der Waals surface area contributed by atoms with Gasteiger partial charge in [0.05, 0.1) is 12.4 Å². The normalized spacial score (nSPS) is 16.7. The van der Waals surface area contributed by atoms with Crippen molar-refractivity contribution in [3.05, 3.63) is 60.2 Å². The fourth-order valence-electron chi connectivity index (χ4n) is 3.12. The Balaban J connectivity index is 1.54. The summed E-state index contributed by atoms with van der Waals surface area (Å²) in [6.45, 7) is 1.76. The molecule has 0 aliphatic carbocycles. The number of H-pyrrole nitrogens is 1. The number of nitrogens with one attached hydrogen (secondary N) is 1. The zero-order valence-corrected chi connectivity index (χ0v) is 14.3. The van der Waals surface area contributed by atoms with Crippen LogP contribution >= 0.6 is 0 Å². The van der Waals surface area contributed by atoms with Crippen LogP contribution in [0.5, 0.6) is 0 Å². The minimum Gasteiger partial charge on any atom is -0.463 e. The molecule has 7 nitrogen and oxygen atoms in total. The van der Waals surface area contributed by atoms with Crippen molar-refractivity contribution in [2.75, 3.05) is 13.2 Å². The highest BCUT2D eigenvalue weighted by atomic mass is 16.5. The number of ether oxygens (including phenoxy) is 1. The largest absolute Gasteiger partial charge is 0.463 e. The van der Waals surface area contributed by atoms with E-state index in [1.807, 2.05) is 18.2 Å². The summed E-state index contributed by atoms with van der Waals surface area (Å²) in [6, 6.07) is 9.16. The molecule has 1 N–H and O–H groups in total. The van der Waals surface area contributed by atoms with Crippen molar-refractivity contribution in [1.82, 2.24) is 20.1 Å². The molecule has 4 heterocycles. The monoisotopic (exact) mass is 352 g/mol. The Morgan fingerprint density at radius 2 is 2.31 bits per heavy atom. The van der Waals surface area contributed by atoms with E-state index < -0.39 is 0 Å². The summed E-state index contributed by atoms with van der Waals surface area (Å²) in [6.07, 6.45) is 7.15. The van der Waals surface area contributed by atoms with Gasteiger partial charge in [-0.25, -0.2) is 0 Å². The van der Waals surface area contributed by atoms with Gasteiger partial charge in [-0.15, -0.1) is 0 Å². The summed E-state index contributed by atoms with van der Waals surface area (Å²) in [4.78, 5) is 19.0. The van der Waals surface area contributed by atoms with E-state index in [4.69, 9.17) is 9.15 Å². The van der Waals surface area contributed by atoms with Crippen LogP contribution in [0.3, 0.4) is 0 Å². The molecule has 4 rings (SSSR count). The van der Waals surface area contributed by atoms with Gasteiger partial charge < -0.3 is 14.1 Å². The van der Waals surface area contributed by atoms with Gasteiger partial charge in [0.2, 0.25) is 0 Å². The standard InChI is InChI=1S/C19H20N4O3/c24-19(17-10-16(21-22-17)18-6-3-9-26-18)23(13-15-5-2-8-25-15)12-14-4-1-7-20-11-14/h1,3-4,6-7,9-11,15H,2,5,8,12-13H2,(H,21,22). The highest BCUT2D eigenvalue weighted by Crippen LogP contribution is 2.20. The maximum Gasteiger partial charge on any atom is 0.274 e. The van der Waals surface area contributed by atoms with E-state index in [9.17, 15) is 4.79 Å². The fraction of sp³-hybridized carbons (Fsp3) is 0.316. The molecule has 1 aliphatic rings. The van der Waals surface area contributed by atoms with Gasteiger partial charge in [0.1, 0.15) is 5.69 Å². The van der Waals surface area contributed by atoms with Crippen LogP contribution < -0.4 is 0 Å². The molecule has 1 saturated heterocycles. The average molecular weight is 352 g/mol. The third-order valence-corrected chi connectivity index (χ3v) is 4.42. The van der Waals surface area contributed by atoms with Gasteiger partial charge in [-0.2, -0.15) is 5.10 Å². The number of hydrogen-bond donors (Lipinski definition) is 1. The zero-order chi connectivity index (χ0) is 17.8. The number of hydrogen-bond acceptors (Lipinski definition) is 5. The van der Waals surface area contributed by atoms with E-state index in [-0.39, 0.29) is 12.0 Å². The Bertz CT molecular complexity index is 839. The molecule has 1 amide bonds. The van der Waals surface area contributed by atoms with E-state index in [1.54, 1.807) is 35.7 Å². The van der Waals surface area contributed by atoms with Crippen LogP contribution in [0.2, 0.25) is 0 Å². The summed E-state index contributed by atoms with van der Waals surface area (Å²) in [5.41, 5.74) is 2.01. The number of furan rings is 1. The number of aromatic amines is 1. The quantitative estimate of drug-likeness (QED) is 0.737. The SMILES string of the molecule is O=C(c1cc(-c2ccco2)[nH]n1)N(Cc1cccnc1)CC1CCCO1. The van der Waals surface area contributed by atoms with Crippen LogP contribution in [0.25, 0.3) is 11.5 Å². The fourth-order valence-corrected chi connectivity index (χ4v) is 3.12. The molecule has 0 aromatic carbocycles. The van der Waals surface area contributed by atoms with Crippen molar-refractivity contribution in [3.8, 4) is 11.5 Å². The van der Waals surface area contributed by atoms with Gasteiger partial charge >= 0.3 is 0 Å². The van der Waals surface area contributed by atoms with E-state index in [0.717, 1.165) is 25.0 Å². The van der Waals surface area contributed by atoms with Crippen molar-refractivity contribution in [2.45, 2.75) is 25.5 Å². The number of carbonyl (C=O) groups excluding carboxylic acids is 1. The Morgan fingerprint density at radius 3 is 3.04 bits per heavy atom. The molecule has 1 fully saturated rings. The molecule has 26 heavy (non-hydrogen) atoms. The number of nitrogens with zero attached hydrogens (tertiary/aromatic N) is 3. The zero-order valence-electron chi connectivity index (χ0n) is 14.3. The Kier molecular flexibility index (Phi) is 4.79. The molecular weight excluding hydrogens is 332 g/mol. The second-order valence-corrected chi connectivity index (χ2v) is 6.33. The molecule has 7 heteroatoms. The highest BCUT2D eigenvalue weighted by molar-refractivity contribution is 5.93. The third kappa shape index (κ3) is 3.67. The number of amides is 1. The van der Waals surface area contributed by atoms with Gasteiger partial charge in [0.15, 0.2) is 11.5 Å². The summed E-state index contributed by atoms with van der Waals surface area (Å²) in [7, 11) is 0. The minimum atomic E-state index is -0.140. The number of pyridine rings is 1. The van der Waals surface area contributed by atoms with Gasteiger partial charge in [-0.05, 0) is 36.6 Å². The first-order valence-corrected chi connectivity index (χ1v) is 8.68. The van der Waals surface area contributed by atoms with Crippen LogP contribution in [-0.4, -0.2) is 45.2 Å². The predicted octanol–water partition coefficient (Wildman–Crippen LogP) is 2.89. The number of aromatic nitrogens is 3. The van der Waals surface area contributed by atoms with E-state index >= 15 is 0 Å². The van der Waals surface area contributed by atoms with Crippen LogP contribution in [0.15, 0.2) is 53.4 Å². The maximum absolute atomic E-state index is 13.1. The van der Waals surface area contributed by atoms with Crippen molar-refractivity contribution < 1.29 is 13.9 Å². The van der Waals surface area contributed by atoms with Gasteiger partial charge in [0.25, 0.3) is 5.91 Å². The van der Waals surface area contributed by atoms with Gasteiger partial charge in [0, 0.05) is 38.2 Å². The third-order valence-electron chi connectivity index (χ3n) is 4.42. The molecule has 1 aliphatic heterocycles. The van der Waals surface area contributed by atoms with E-state index in [1.165, 1.54) is 0 Å². The molecule has 1 unspecified atom stereocenters. The second-order valence-electron chi connectivity index (χ2n) is 6.33. The average Bonchev–Trinajstić information content (AvgIpc) is 3.42. The van der Waals surface area contributed by atoms with Gasteiger partial charge in [-0.1, -0.05) is 6.07 Å². The maximum atomic E-state index is 13.1. The molecule has 1 atom stereocenters. The van der Waals surface area contributed by atoms with Crippen LogP contribution in [0.4, 0.5) is 0 Å². The van der Waals surface area contributed by atoms with Crippen molar-refractivity contribution in [1.29, 1.82) is 0 Å². The summed E-state index contributed by atoms with van der Waals surface area (Å²) >= 11 is 0. The lowest BCUT2D eigenvalue weighted by atomic mass is 10.2. The first-order chi connectivity index (χ1) is 12.8. The molecule has 0 spiro atoms. The molecule has 134 valence electrons. The predicted molar refractivity (Wildman–Crippen MR) is 94.2 cm³/mol. The lowest BCUT2D eigenvalue weighted by molar-refractivity contribution is 0.0502. The minimum absolute atomic E-state index is 0.0686. The number of carbonyl (C=O) groups is 1. The molecule has 0 saturated carbocycles. The lowest BCUT2D eigenvalue weighted by Gasteiger charge is -2.24. The van der Waals surface area contributed by atoms with Crippen LogP contribution in [-0.2, 0) is 11.3 Å². The van der Waals surface area contributed by atoms with Crippen LogP contribution in [0, 0.1) is 0 Å². The molecule has 3 aromatic heterocycles. The topological polar surface area (TPSA) is 84.3 Å². The van der Waals surface area contributed by atoms with Crippen molar-refractivity contribution in [3.63, 3.8) is 0 Å². The summed E-state index contributed by atoms with van der Waals surface area (Å²) < 4.78 is 11.1. The molecule has 3 aromatic rings. The lowest BCUT2D eigenvalue weighted by Crippen LogP contribution is -2.37. The van der Waals surface area contributed by atoms with E-state index in [2.05, 4.69) is 15.2 Å². The highest BCUT2D eigenvalue weighted by Gasteiger charge is 2.25. The second kappa shape index (κ2) is 7.53. The molecular formula is C19H20N4O3. The van der Waals surface area contributed by atoms with Crippen LogP contribution in [0.1, 0.15) is 28.9 Å². The molecule has 0 bridgehead atoms. The molecule has 0 radical (unpaired) electrons.